The molecule has 0 radical (unpaired) electrons. The molecule has 0 aliphatic carbocycles. The van der Waals surface area contributed by atoms with E-state index in [4.69, 9.17) is 4.74 Å². The molecular formula is C23H26N2O5. The third kappa shape index (κ3) is 6.01. The second-order valence-corrected chi connectivity index (χ2v) is 7.43. The second-order valence-electron chi connectivity index (χ2n) is 7.43. The highest BCUT2D eigenvalue weighted by atomic mass is 16.6. The van der Waals surface area contributed by atoms with E-state index in [0.29, 0.717) is 0 Å². The van der Waals surface area contributed by atoms with Crippen LogP contribution in [0, 0.1) is 10.1 Å². The predicted octanol–water partition coefficient (Wildman–Crippen LogP) is 5.04. The summed E-state index contributed by atoms with van der Waals surface area (Å²) in [5.41, 5.74) is 2.93. The molecule has 0 atom stereocenters. The number of nitro benzene ring substituents is 1. The van der Waals surface area contributed by atoms with Crippen LogP contribution in [0.15, 0.2) is 48.5 Å². The summed E-state index contributed by atoms with van der Waals surface area (Å²) in [7, 11) is 0. The summed E-state index contributed by atoms with van der Waals surface area (Å²) in [6.45, 7) is 7.72. The number of para-hydroxylation sites is 2. The number of nitrogens with one attached hydrogen (secondary N) is 1. The number of carbonyl (C=O) groups is 2. The number of carbonyl (C=O) groups excluding carboxylic acids is 2. The maximum Gasteiger partial charge on any atom is 0.331 e. The van der Waals surface area contributed by atoms with Crippen molar-refractivity contribution in [3.05, 3.63) is 75.3 Å². The fourth-order valence-electron chi connectivity index (χ4n) is 3.01. The number of rotatable bonds is 8. The van der Waals surface area contributed by atoms with E-state index in [2.05, 4.69) is 5.32 Å². The van der Waals surface area contributed by atoms with Gasteiger partial charge in [-0.1, -0.05) is 58.0 Å². The van der Waals surface area contributed by atoms with E-state index in [1.54, 1.807) is 12.1 Å². The number of ether oxygens (including phenoxy) is 1. The largest absolute Gasteiger partial charge is 0.452 e. The Labute approximate surface area is 175 Å². The number of hydrogen-bond donors (Lipinski definition) is 1. The number of nitro groups is 1. The number of anilines is 1. The summed E-state index contributed by atoms with van der Waals surface area (Å²) in [4.78, 5) is 34.8. The summed E-state index contributed by atoms with van der Waals surface area (Å²) in [5.74, 6) is -0.778. The van der Waals surface area contributed by atoms with Crippen molar-refractivity contribution in [3.63, 3.8) is 0 Å². The van der Waals surface area contributed by atoms with E-state index >= 15 is 0 Å². The molecule has 2 aromatic carbocycles. The maximum atomic E-state index is 12.4. The van der Waals surface area contributed by atoms with Crippen molar-refractivity contribution < 1.29 is 19.2 Å². The van der Waals surface area contributed by atoms with Gasteiger partial charge in [0.15, 0.2) is 6.61 Å². The van der Waals surface area contributed by atoms with Gasteiger partial charge < -0.3 is 10.1 Å². The number of hydrogen-bond acceptors (Lipinski definition) is 5. The van der Waals surface area contributed by atoms with Crippen molar-refractivity contribution in [3.8, 4) is 0 Å². The van der Waals surface area contributed by atoms with Crippen molar-refractivity contribution in [2.75, 3.05) is 11.9 Å². The Morgan fingerprint density at radius 3 is 2.20 bits per heavy atom. The molecule has 1 N–H and O–H groups in total. The van der Waals surface area contributed by atoms with Gasteiger partial charge in [0.25, 0.3) is 11.6 Å². The normalized spacial score (nSPS) is 11.1. The Morgan fingerprint density at radius 2 is 1.63 bits per heavy atom. The third-order valence-corrected chi connectivity index (χ3v) is 4.52. The van der Waals surface area contributed by atoms with Gasteiger partial charge in [-0.2, -0.15) is 0 Å². The molecule has 2 aromatic rings. The predicted molar refractivity (Wildman–Crippen MR) is 116 cm³/mol. The molecule has 0 saturated carbocycles. The van der Waals surface area contributed by atoms with E-state index in [9.17, 15) is 19.7 Å². The van der Waals surface area contributed by atoms with Gasteiger partial charge in [-0.25, -0.2) is 4.79 Å². The number of nitrogens with zero attached hydrogens (tertiary/aromatic N) is 1. The monoisotopic (exact) mass is 410 g/mol. The molecule has 0 aliphatic heterocycles. The average Bonchev–Trinajstić information content (AvgIpc) is 2.70. The van der Waals surface area contributed by atoms with Crippen LogP contribution in [-0.4, -0.2) is 23.4 Å². The van der Waals surface area contributed by atoms with Gasteiger partial charge in [-0.15, -0.1) is 0 Å². The highest BCUT2D eigenvalue weighted by Crippen LogP contribution is 2.32. The van der Waals surface area contributed by atoms with Crippen molar-refractivity contribution in [1.82, 2.24) is 0 Å². The molecule has 0 unspecified atom stereocenters. The number of benzene rings is 2. The maximum absolute atomic E-state index is 12.4. The highest BCUT2D eigenvalue weighted by molar-refractivity contribution is 5.96. The Kier molecular flexibility index (Phi) is 7.86. The lowest BCUT2D eigenvalue weighted by Crippen LogP contribution is -2.22. The Hall–Kier alpha value is -3.48. The smallest absolute Gasteiger partial charge is 0.331 e. The van der Waals surface area contributed by atoms with Crippen LogP contribution >= 0.6 is 0 Å². The minimum atomic E-state index is -0.760. The molecule has 0 spiro atoms. The lowest BCUT2D eigenvalue weighted by molar-refractivity contribution is -0.385. The molecule has 30 heavy (non-hydrogen) atoms. The fourth-order valence-corrected chi connectivity index (χ4v) is 3.01. The summed E-state index contributed by atoms with van der Waals surface area (Å²) in [6.07, 6.45) is 2.36. The molecule has 7 heteroatoms. The van der Waals surface area contributed by atoms with Crippen molar-refractivity contribution in [2.45, 2.75) is 39.5 Å². The Bertz CT molecular complexity index is 938. The summed E-state index contributed by atoms with van der Waals surface area (Å²) >= 11 is 0. The molecule has 0 aliphatic rings. The second kappa shape index (κ2) is 10.3. The van der Waals surface area contributed by atoms with Crippen LogP contribution in [0.5, 0.6) is 0 Å². The van der Waals surface area contributed by atoms with Crippen molar-refractivity contribution >= 4 is 29.3 Å². The van der Waals surface area contributed by atoms with E-state index < -0.39 is 23.4 Å². The average molecular weight is 410 g/mol. The van der Waals surface area contributed by atoms with Gasteiger partial charge in [-0.3, -0.25) is 14.9 Å². The zero-order valence-corrected chi connectivity index (χ0v) is 17.5. The van der Waals surface area contributed by atoms with Crippen LogP contribution in [0.25, 0.3) is 6.08 Å². The summed E-state index contributed by atoms with van der Waals surface area (Å²) in [5, 5.41) is 13.9. The quantitative estimate of drug-likeness (QED) is 0.285. The van der Waals surface area contributed by atoms with E-state index in [-0.39, 0.29) is 23.1 Å². The third-order valence-electron chi connectivity index (χ3n) is 4.52. The minimum Gasteiger partial charge on any atom is -0.452 e. The van der Waals surface area contributed by atoms with Crippen LogP contribution < -0.4 is 5.32 Å². The van der Waals surface area contributed by atoms with Crippen LogP contribution in [0.4, 0.5) is 11.4 Å². The van der Waals surface area contributed by atoms with Gasteiger partial charge in [0, 0.05) is 17.8 Å². The molecule has 7 nitrogen and oxygen atoms in total. The fraction of sp³-hybridized carbons (Fsp3) is 0.304. The first-order valence-corrected chi connectivity index (χ1v) is 9.71. The first-order valence-electron chi connectivity index (χ1n) is 9.71. The molecule has 0 aromatic heterocycles. The lowest BCUT2D eigenvalue weighted by atomic mass is 9.92. The number of amides is 1. The van der Waals surface area contributed by atoms with Crippen LogP contribution in [0.1, 0.15) is 56.2 Å². The van der Waals surface area contributed by atoms with E-state index in [0.717, 1.165) is 22.9 Å². The van der Waals surface area contributed by atoms with Crippen molar-refractivity contribution in [2.24, 2.45) is 0 Å². The molecule has 158 valence electrons. The molecule has 0 fully saturated rings. The number of esters is 1. The molecule has 0 bridgehead atoms. The first-order chi connectivity index (χ1) is 14.2. The van der Waals surface area contributed by atoms with Crippen LogP contribution in [0.2, 0.25) is 0 Å². The summed E-state index contributed by atoms with van der Waals surface area (Å²) < 4.78 is 4.99. The SMILES string of the molecule is CC(C)c1cccc(C(C)C)c1NC(=O)COC(=O)C=Cc1ccccc1[N+](=O)[O-]. The Morgan fingerprint density at radius 1 is 1.03 bits per heavy atom. The van der Waals surface area contributed by atoms with Gasteiger partial charge in [0.05, 0.1) is 10.5 Å². The van der Waals surface area contributed by atoms with Gasteiger partial charge in [0.1, 0.15) is 0 Å². The first kappa shape index (κ1) is 22.8. The molecule has 2 rings (SSSR count). The topological polar surface area (TPSA) is 98.5 Å². The van der Waals surface area contributed by atoms with Gasteiger partial charge in [0.2, 0.25) is 0 Å². The van der Waals surface area contributed by atoms with Crippen LogP contribution in [-0.2, 0) is 14.3 Å². The molecule has 1 amide bonds. The Balaban J connectivity index is 2.04. The van der Waals surface area contributed by atoms with Gasteiger partial charge in [-0.05, 0) is 35.1 Å². The van der Waals surface area contributed by atoms with E-state index in [1.807, 2.05) is 45.9 Å². The van der Waals surface area contributed by atoms with Crippen molar-refractivity contribution in [1.29, 1.82) is 0 Å². The molecular weight excluding hydrogens is 384 g/mol. The van der Waals surface area contributed by atoms with Gasteiger partial charge >= 0.3 is 5.97 Å². The lowest BCUT2D eigenvalue weighted by Gasteiger charge is -2.20. The highest BCUT2D eigenvalue weighted by Gasteiger charge is 2.16. The minimum absolute atomic E-state index is 0.120. The molecule has 0 saturated heterocycles. The summed E-state index contributed by atoms with van der Waals surface area (Å²) in [6, 6.07) is 11.9. The van der Waals surface area contributed by atoms with Crippen LogP contribution in [0.3, 0.4) is 0 Å². The van der Waals surface area contributed by atoms with E-state index in [1.165, 1.54) is 18.2 Å². The standard InChI is InChI=1S/C23H26N2O5/c1-15(2)18-9-7-10-19(16(3)4)23(18)24-21(26)14-30-22(27)13-12-17-8-5-6-11-20(17)25(28)29/h5-13,15-16H,14H2,1-4H3,(H,24,26). The molecule has 0 heterocycles. The zero-order valence-electron chi connectivity index (χ0n) is 17.5. The zero-order chi connectivity index (χ0) is 22.3.